The lowest BCUT2D eigenvalue weighted by atomic mass is 10.00. The number of Topliss-reactive ketones (excluding diaryl/α,β-unsaturated/α-hetero) is 1. The first-order valence-electron chi connectivity index (χ1n) is 11.9. The number of ketones is 1. The molecular formula is C25H30N8O. The van der Waals surface area contributed by atoms with Crippen molar-refractivity contribution in [3.8, 4) is 22.5 Å². The van der Waals surface area contributed by atoms with E-state index in [0.29, 0.717) is 24.6 Å². The summed E-state index contributed by atoms with van der Waals surface area (Å²) in [7, 11) is 0. The molecule has 3 aromatic heterocycles. The van der Waals surface area contributed by atoms with Crippen LogP contribution in [0.2, 0.25) is 0 Å². The van der Waals surface area contributed by atoms with Gasteiger partial charge in [-0.3, -0.25) is 9.78 Å². The Bertz CT molecular complexity index is 1200. The molecule has 4 rings (SSSR count). The molecule has 0 unspecified atom stereocenters. The van der Waals surface area contributed by atoms with Crippen LogP contribution < -0.4 is 0 Å². The second kappa shape index (κ2) is 11.4. The molecule has 34 heavy (non-hydrogen) atoms. The molecule has 0 fully saturated rings. The molecule has 0 saturated heterocycles. The number of nitrogens with zero attached hydrogens (tertiary/aromatic N) is 7. The van der Waals surface area contributed by atoms with Gasteiger partial charge in [0.2, 0.25) is 11.6 Å². The van der Waals surface area contributed by atoms with Gasteiger partial charge in [-0.05, 0) is 46.0 Å². The van der Waals surface area contributed by atoms with E-state index in [-0.39, 0.29) is 5.78 Å². The van der Waals surface area contributed by atoms with Crippen molar-refractivity contribution in [3.63, 3.8) is 0 Å². The second-order valence-corrected chi connectivity index (χ2v) is 8.36. The first-order chi connectivity index (χ1) is 16.7. The number of H-pyrrole nitrogens is 1. The van der Waals surface area contributed by atoms with Crippen LogP contribution in [0, 0.1) is 0 Å². The highest BCUT2D eigenvalue weighted by Crippen LogP contribution is 2.29. The Morgan fingerprint density at radius 2 is 1.82 bits per heavy atom. The number of carbonyl (C=O) groups is 1. The van der Waals surface area contributed by atoms with E-state index in [1.54, 1.807) is 12.4 Å². The van der Waals surface area contributed by atoms with Crippen LogP contribution in [-0.2, 0) is 13.0 Å². The largest absolute Gasteiger partial charge is 0.291 e. The van der Waals surface area contributed by atoms with E-state index in [4.69, 9.17) is 0 Å². The fourth-order valence-corrected chi connectivity index (χ4v) is 3.86. The zero-order valence-corrected chi connectivity index (χ0v) is 19.7. The topological polar surface area (TPSA) is 115 Å². The first-order valence-corrected chi connectivity index (χ1v) is 11.9. The number of unbranched alkanes of at least 4 members (excludes halogenated alkanes) is 3. The van der Waals surface area contributed by atoms with Gasteiger partial charge in [-0.15, -0.1) is 10.2 Å². The van der Waals surface area contributed by atoms with Crippen LogP contribution >= 0.6 is 0 Å². The minimum absolute atomic E-state index is 0.0276. The standard InChI is InChI=1S/C25H30N8O/c1-3-5-7-9-23-27-25(22(34)8-6-4-2)30-33(23)17-18-10-12-19(13-11-18)20-14-15-26-16-21(20)24-28-31-32-29-24/h10-16H,3-9,17H2,1-2H3,(H,28,29,31,32). The minimum Gasteiger partial charge on any atom is -0.291 e. The summed E-state index contributed by atoms with van der Waals surface area (Å²) >= 11 is 0. The summed E-state index contributed by atoms with van der Waals surface area (Å²) in [6.07, 6.45) is 9.98. The van der Waals surface area contributed by atoms with Crippen molar-refractivity contribution in [2.24, 2.45) is 0 Å². The third-order valence-electron chi connectivity index (χ3n) is 5.78. The Morgan fingerprint density at radius 3 is 2.56 bits per heavy atom. The fourth-order valence-electron chi connectivity index (χ4n) is 3.86. The van der Waals surface area contributed by atoms with E-state index in [1.165, 1.54) is 0 Å². The number of aryl methyl sites for hydroxylation is 1. The molecule has 0 aliphatic rings. The van der Waals surface area contributed by atoms with E-state index < -0.39 is 0 Å². The van der Waals surface area contributed by atoms with E-state index in [2.05, 4.69) is 73.8 Å². The van der Waals surface area contributed by atoms with Crippen LogP contribution in [0.25, 0.3) is 22.5 Å². The van der Waals surface area contributed by atoms with Crippen molar-refractivity contribution < 1.29 is 4.79 Å². The van der Waals surface area contributed by atoms with E-state index in [9.17, 15) is 4.79 Å². The smallest absolute Gasteiger partial charge is 0.217 e. The molecule has 0 spiro atoms. The van der Waals surface area contributed by atoms with Crippen LogP contribution in [0.5, 0.6) is 0 Å². The molecule has 0 amide bonds. The van der Waals surface area contributed by atoms with Gasteiger partial charge in [0, 0.05) is 30.8 Å². The number of hydrogen-bond acceptors (Lipinski definition) is 7. The maximum atomic E-state index is 12.5. The van der Waals surface area contributed by atoms with Gasteiger partial charge in [0.25, 0.3) is 0 Å². The minimum atomic E-state index is 0.0276. The van der Waals surface area contributed by atoms with E-state index in [0.717, 1.165) is 66.6 Å². The molecular weight excluding hydrogens is 428 g/mol. The van der Waals surface area contributed by atoms with Crippen molar-refractivity contribution in [1.82, 2.24) is 40.4 Å². The number of carbonyl (C=O) groups excluding carboxylic acids is 1. The van der Waals surface area contributed by atoms with Gasteiger partial charge in [0.15, 0.2) is 5.82 Å². The van der Waals surface area contributed by atoms with Gasteiger partial charge in [-0.1, -0.05) is 57.4 Å². The van der Waals surface area contributed by atoms with Crippen LogP contribution in [-0.4, -0.2) is 46.2 Å². The van der Waals surface area contributed by atoms with Crippen molar-refractivity contribution in [2.75, 3.05) is 0 Å². The SMILES string of the molecule is CCCCCc1nc(C(=O)CCCC)nn1Cc1ccc(-c2ccncc2-c2nnn[nH]2)cc1. The number of aromatic nitrogens is 8. The van der Waals surface area contributed by atoms with Crippen LogP contribution in [0.1, 0.15) is 74.4 Å². The molecule has 9 nitrogen and oxygen atoms in total. The average Bonchev–Trinajstić information content (AvgIpc) is 3.54. The number of benzene rings is 1. The number of pyridine rings is 1. The van der Waals surface area contributed by atoms with Crippen molar-refractivity contribution >= 4 is 5.78 Å². The fraction of sp³-hybridized carbons (Fsp3) is 0.400. The lowest BCUT2D eigenvalue weighted by Gasteiger charge is -2.09. The molecule has 0 saturated carbocycles. The number of rotatable bonds is 12. The normalized spacial score (nSPS) is 11.1. The van der Waals surface area contributed by atoms with Gasteiger partial charge >= 0.3 is 0 Å². The van der Waals surface area contributed by atoms with E-state index >= 15 is 0 Å². The zero-order valence-electron chi connectivity index (χ0n) is 19.7. The number of nitrogens with one attached hydrogen (secondary N) is 1. The maximum Gasteiger partial charge on any atom is 0.217 e. The van der Waals surface area contributed by atoms with Crippen LogP contribution in [0.15, 0.2) is 42.7 Å². The predicted molar refractivity (Wildman–Crippen MR) is 129 cm³/mol. The molecule has 0 aliphatic heterocycles. The summed E-state index contributed by atoms with van der Waals surface area (Å²) in [5.41, 5.74) is 3.96. The lowest BCUT2D eigenvalue weighted by Crippen LogP contribution is -2.08. The molecule has 176 valence electrons. The number of hydrogen-bond donors (Lipinski definition) is 1. The summed E-state index contributed by atoms with van der Waals surface area (Å²) in [5.74, 6) is 1.83. The van der Waals surface area contributed by atoms with Gasteiger partial charge in [-0.25, -0.2) is 14.8 Å². The summed E-state index contributed by atoms with van der Waals surface area (Å²) in [6.45, 7) is 4.83. The Hall–Kier alpha value is -3.75. The summed E-state index contributed by atoms with van der Waals surface area (Å²) in [4.78, 5) is 21.3. The third-order valence-corrected chi connectivity index (χ3v) is 5.78. The maximum absolute atomic E-state index is 12.5. The van der Waals surface area contributed by atoms with E-state index in [1.807, 2.05) is 10.7 Å². The van der Waals surface area contributed by atoms with Crippen molar-refractivity contribution in [3.05, 3.63) is 59.9 Å². The van der Waals surface area contributed by atoms with Crippen molar-refractivity contribution in [1.29, 1.82) is 0 Å². The Labute approximate surface area is 199 Å². The third kappa shape index (κ3) is 5.59. The summed E-state index contributed by atoms with van der Waals surface area (Å²) < 4.78 is 1.89. The van der Waals surface area contributed by atoms with Gasteiger partial charge < -0.3 is 0 Å². The van der Waals surface area contributed by atoms with Crippen molar-refractivity contribution in [2.45, 2.75) is 65.3 Å². The molecule has 0 bridgehead atoms. The highest BCUT2D eigenvalue weighted by Gasteiger charge is 2.16. The summed E-state index contributed by atoms with van der Waals surface area (Å²) in [5, 5.41) is 18.7. The number of aromatic amines is 1. The monoisotopic (exact) mass is 458 g/mol. The van der Waals surface area contributed by atoms with Gasteiger partial charge in [0.05, 0.1) is 6.54 Å². The number of tetrazole rings is 1. The van der Waals surface area contributed by atoms with Crippen LogP contribution in [0.4, 0.5) is 0 Å². The first kappa shape index (κ1) is 23.4. The highest BCUT2D eigenvalue weighted by molar-refractivity contribution is 5.92. The highest BCUT2D eigenvalue weighted by atomic mass is 16.1. The van der Waals surface area contributed by atoms with Gasteiger partial charge in [0.1, 0.15) is 5.82 Å². The zero-order chi connectivity index (χ0) is 23.8. The van der Waals surface area contributed by atoms with Gasteiger partial charge in [-0.2, -0.15) is 0 Å². The quantitative estimate of drug-likeness (QED) is 0.242. The van der Waals surface area contributed by atoms with Crippen LogP contribution in [0.3, 0.4) is 0 Å². The lowest BCUT2D eigenvalue weighted by molar-refractivity contribution is 0.0969. The molecule has 9 heteroatoms. The average molecular weight is 459 g/mol. The Kier molecular flexibility index (Phi) is 7.85. The second-order valence-electron chi connectivity index (χ2n) is 8.36. The Morgan fingerprint density at radius 1 is 1.00 bits per heavy atom. The molecule has 1 N–H and O–H groups in total. The molecule has 4 aromatic rings. The Balaban J connectivity index is 1.55. The summed E-state index contributed by atoms with van der Waals surface area (Å²) in [6, 6.07) is 10.2. The molecule has 3 heterocycles. The molecule has 1 aromatic carbocycles. The molecule has 0 radical (unpaired) electrons. The molecule has 0 atom stereocenters. The predicted octanol–water partition coefficient (Wildman–Crippen LogP) is 4.67. The molecule has 0 aliphatic carbocycles.